The zero-order chi connectivity index (χ0) is 22.4. The molecule has 0 bridgehead atoms. The van der Waals surface area contributed by atoms with E-state index in [1.165, 1.54) is 57.8 Å². The van der Waals surface area contributed by atoms with Crippen molar-refractivity contribution >= 4 is 5.97 Å². The number of rotatable bonds is 6. The molecule has 0 heterocycles. The lowest BCUT2D eigenvalue weighted by Crippen LogP contribution is -2.50. The maximum atomic E-state index is 11.5. The van der Waals surface area contributed by atoms with Crippen LogP contribution in [0.4, 0.5) is 0 Å². The van der Waals surface area contributed by atoms with Gasteiger partial charge in [0.05, 0.1) is 0 Å². The fraction of sp³-hybridized carbons (Fsp3) is 0.897. The Morgan fingerprint density at radius 3 is 2.45 bits per heavy atom. The van der Waals surface area contributed by atoms with Crippen LogP contribution in [0, 0.1) is 46.3 Å². The molecule has 2 heteroatoms. The summed E-state index contributed by atoms with van der Waals surface area (Å²) in [6.45, 7) is 14.1. The van der Waals surface area contributed by atoms with Crippen LogP contribution >= 0.6 is 0 Å². The van der Waals surface area contributed by atoms with Gasteiger partial charge in [0.2, 0.25) is 0 Å². The summed E-state index contributed by atoms with van der Waals surface area (Å²) in [5.41, 5.74) is 2.80. The van der Waals surface area contributed by atoms with Crippen LogP contribution in [0.5, 0.6) is 0 Å². The molecule has 0 aromatic carbocycles. The first-order valence-corrected chi connectivity index (χ1v) is 13.5. The molecule has 3 fully saturated rings. The minimum absolute atomic E-state index is 0.103. The molecule has 0 unspecified atom stereocenters. The minimum Gasteiger partial charge on any atom is -0.463 e. The summed E-state index contributed by atoms with van der Waals surface area (Å²) in [4.78, 5) is 11.5. The number of carbonyl (C=O) groups is 1. The van der Waals surface area contributed by atoms with Crippen LogP contribution in [0.3, 0.4) is 0 Å². The van der Waals surface area contributed by atoms with Gasteiger partial charge in [-0.1, -0.05) is 65.5 Å². The second-order valence-corrected chi connectivity index (χ2v) is 12.8. The van der Waals surface area contributed by atoms with Gasteiger partial charge >= 0.3 is 5.97 Å². The van der Waals surface area contributed by atoms with Gasteiger partial charge in [0, 0.05) is 6.92 Å². The predicted octanol–water partition coefficient (Wildman–Crippen LogP) is 7.96. The summed E-state index contributed by atoms with van der Waals surface area (Å²) >= 11 is 0. The highest BCUT2D eigenvalue weighted by molar-refractivity contribution is 5.66. The Balaban J connectivity index is 1.47. The van der Waals surface area contributed by atoms with Crippen molar-refractivity contribution in [1.29, 1.82) is 0 Å². The SMILES string of the molecule is CC(=O)O[C@@H]1CC[C@@]2(C)[C@@H](CC=C3[C@H]2CC[C@]2(C)[C@@H]3CC[C@H]2[C@H](C)CCCC(C)C)C1. The molecule has 0 aliphatic heterocycles. The van der Waals surface area contributed by atoms with E-state index < -0.39 is 0 Å². The van der Waals surface area contributed by atoms with Gasteiger partial charge in [-0.05, 0) is 97.7 Å². The van der Waals surface area contributed by atoms with E-state index in [9.17, 15) is 4.79 Å². The zero-order valence-corrected chi connectivity index (χ0v) is 21.2. The molecule has 0 spiro atoms. The van der Waals surface area contributed by atoms with Crippen LogP contribution in [0.1, 0.15) is 112 Å². The monoisotopic (exact) mass is 428 g/mol. The molecule has 0 N–H and O–H groups in total. The Hall–Kier alpha value is -0.790. The van der Waals surface area contributed by atoms with Crippen molar-refractivity contribution in [3.05, 3.63) is 11.6 Å². The van der Waals surface area contributed by atoms with E-state index in [-0.39, 0.29) is 12.1 Å². The number of ether oxygens (including phenoxy) is 1. The molecule has 4 rings (SSSR count). The molecule has 3 saturated carbocycles. The standard InChI is InChI=1S/C29H48O2/c1-19(2)8-7-9-20(3)25-12-13-26-24-11-10-22-18-23(31-21(4)30)14-16-28(22,5)27(24)15-17-29(25,26)6/h11,19-20,22-23,25-27H,7-10,12-18H2,1-6H3/t20-,22+,23-,25+,26-,27-,28+,29+/m1/s1. The molecule has 0 saturated heterocycles. The van der Waals surface area contributed by atoms with E-state index in [1.807, 2.05) is 5.57 Å². The van der Waals surface area contributed by atoms with Crippen molar-refractivity contribution in [2.24, 2.45) is 46.3 Å². The fourth-order valence-corrected chi connectivity index (χ4v) is 8.84. The van der Waals surface area contributed by atoms with Crippen molar-refractivity contribution in [1.82, 2.24) is 0 Å². The number of allylic oxidation sites excluding steroid dienone is 2. The fourth-order valence-electron chi connectivity index (χ4n) is 8.84. The van der Waals surface area contributed by atoms with E-state index in [0.717, 1.165) is 42.4 Å². The van der Waals surface area contributed by atoms with Crippen molar-refractivity contribution in [3.63, 3.8) is 0 Å². The lowest BCUT2D eigenvalue weighted by molar-refractivity contribution is -0.152. The highest BCUT2D eigenvalue weighted by atomic mass is 16.5. The topological polar surface area (TPSA) is 26.3 Å². The molecule has 8 atom stereocenters. The van der Waals surface area contributed by atoms with Crippen LogP contribution in [0.15, 0.2) is 11.6 Å². The van der Waals surface area contributed by atoms with Crippen LogP contribution in [0.2, 0.25) is 0 Å². The number of hydrogen-bond acceptors (Lipinski definition) is 2. The van der Waals surface area contributed by atoms with Gasteiger partial charge in [-0.15, -0.1) is 0 Å². The molecule has 31 heavy (non-hydrogen) atoms. The lowest BCUT2D eigenvalue weighted by atomic mass is 9.47. The van der Waals surface area contributed by atoms with Gasteiger partial charge < -0.3 is 4.74 Å². The van der Waals surface area contributed by atoms with Gasteiger partial charge in [-0.3, -0.25) is 4.79 Å². The quantitative estimate of drug-likeness (QED) is 0.317. The number of fused-ring (bicyclic) bond motifs is 5. The molecule has 2 nitrogen and oxygen atoms in total. The van der Waals surface area contributed by atoms with E-state index in [4.69, 9.17) is 4.74 Å². The first-order valence-electron chi connectivity index (χ1n) is 13.5. The van der Waals surface area contributed by atoms with Gasteiger partial charge in [0.15, 0.2) is 0 Å². The summed E-state index contributed by atoms with van der Waals surface area (Å²) in [6.07, 6.45) is 17.3. The zero-order valence-electron chi connectivity index (χ0n) is 21.2. The third-order valence-corrected chi connectivity index (χ3v) is 10.6. The molecular formula is C29H48O2. The molecule has 4 aliphatic rings. The summed E-state index contributed by atoms with van der Waals surface area (Å²) in [6, 6.07) is 0. The van der Waals surface area contributed by atoms with Crippen molar-refractivity contribution in [2.75, 3.05) is 0 Å². The number of hydrogen-bond donors (Lipinski definition) is 0. The van der Waals surface area contributed by atoms with E-state index >= 15 is 0 Å². The first-order chi connectivity index (χ1) is 14.6. The van der Waals surface area contributed by atoms with Crippen LogP contribution < -0.4 is 0 Å². The summed E-state index contributed by atoms with van der Waals surface area (Å²) in [5.74, 6) is 4.81. The molecule has 0 aromatic rings. The van der Waals surface area contributed by atoms with Crippen LogP contribution in [-0.2, 0) is 9.53 Å². The maximum Gasteiger partial charge on any atom is 0.302 e. The highest BCUT2D eigenvalue weighted by Crippen LogP contribution is 2.67. The van der Waals surface area contributed by atoms with Crippen LogP contribution in [-0.4, -0.2) is 12.1 Å². The van der Waals surface area contributed by atoms with Crippen LogP contribution in [0.25, 0.3) is 0 Å². The summed E-state index contributed by atoms with van der Waals surface area (Å²) in [7, 11) is 0. The van der Waals surface area contributed by atoms with Crippen molar-refractivity contribution in [2.45, 2.75) is 118 Å². The molecular weight excluding hydrogens is 380 g/mol. The Kier molecular flexibility index (Phi) is 6.68. The molecule has 0 amide bonds. The average molecular weight is 429 g/mol. The Labute approximate surface area is 192 Å². The molecule has 0 radical (unpaired) electrons. The van der Waals surface area contributed by atoms with Crippen molar-refractivity contribution < 1.29 is 9.53 Å². The second kappa shape index (κ2) is 8.86. The van der Waals surface area contributed by atoms with E-state index in [0.29, 0.717) is 16.7 Å². The molecule has 176 valence electrons. The van der Waals surface area contributed by atoms with E-state index in [1.54, 1.807) is 6.92 Å². The summed E-state index contributed by atoms with van der Waals surface area (Å²) < 4.78 is 5.63. The normalized spacial score (nSPS) is 42.9. The molecule has 0 aromatic heterocycles. The third-order valence-electron chi connectivity index (χ3n) is 10.6. The predicted molar refractivity (Wildman–Crippen MR) is 129 cm³/mol. The Bertz CT molecular complexity index is 693. The Morgan fingerprint density at radius 1 is 1.03 bits per heavy atom. The third kappa shape index (κ3) is 4.26. The average Bonchev–Trinajstić information content (AvgIpc) is 3.05. The van der Waals surface area contributed by atoms with Gasteiger partial charge in [-0.2, -0.15) is 0 Å². The van der Waals surface area contributed by atoms with Gasteiger partial charge in [0.1, 0.15) is 6.10 Å². The largest absolute Gasteiger partial charge is 0.463 e. The first kappa shape index (κ1) is 23.4. The number of esters is 1. The highest BCUT2D eigenvalue weighted by Gasteiger charge is 2.58. The maximum absolute atomic E-state index is 11.5. The summed E-state index contributed by atoms with van der Waals surface area (Å²) in [5, 5.41) is 0. The van der Waals surface area contributed by atoms with Crippen molar-refractivity contribution in [3.8, 4) is 0 Å². The van der Waals surface area contributed by atoms with Gasteiger partial charge in [-0.25, -0.2) is 0 Å². The van der Waals surface area contributed by atoms with E-state index in [2.05, 4.69) is 40.7 Å². The Morgan fingerprint density at radius 2 is 1.74 bits per heavy atom. The van der Waals surface area contributed by atoms with Gasteiger partial charge in [0.25, 0.3) is 0 Å². The second-order valence-electron chi connectivity index (χ2n) is 12.8. The molecule has 4 aliphatic carbocycles. The smallest absolute Gasteiger partial charge is 0.302 e. The minimum atomic E-state index is -0.103. The lowest BCUT2D eigenvalue weighted by Gasteiger charge is -2.58. The number of carbonyl (C=O) groups excluding carboxylic acids is 1.